The van der Waals surface area contributed by atoms with Crippen LogP contribution in [-0.4, -0.2) is 73.2 Å². The van der Waals surface area contributed by atoms with Crippen molar-refractivity contribution in [2.45, 2.75) is 140 Å². The van der Waals surface area contributed by atoms with E-state index in [1.807, 2.05) is 228 Å². The lowest BCUT2D eigenvalue weighted by atomic mass is 10.1. The largest absolute Gasteiger partial charge is 0.372 e. The minimum atomic E-state index is -0.00630. The van der Waals surface area contributed by atoms with Gasteiger partial charge in [-0.25, -0.2) is 24.9 Å². The molecule has 5 aliphatic rings. The van der Waals surface area contributed by atoms with Crippen LogP contribution in [0.5, 0.6) is 0 Å². The summed E-state index contributed by atoms with van der Waals surface area (Å²) in [4.78, 5) is 85.7. The summed E-state index contributed by atoms with van der Waals surface area (Å²) in [6.07, 6.45) is 4.17. The molecule has 1 saturated carbocycles. The van der Waals surface area contributed by atoms with Crippen LogP contribution in [-0.2, 0) is 78.1 Å². The Bertz CT molecular complexity index is 7300. The second-order valence-corrected chi connectivity index (χ2v) is 31.1. The number of nitrogens with zero attached hydrogens (tertiary/aromatic N) is 10. The van der Waals surface area contributed by atoms with Gasteiger partial charge < -0.3 is 18.9 Å². The molecule has 0 spiro atoms. The highest BCUT2D eigenvalue weighted by molar-refractivity contribution is 5.83. The summed E-state index contributed by atoms with van der Waals surface area (Å²) in [5.41, 5.74) is 18.5. The molecule has 15 aromatic rings. The summed E-state index contributed by atoms with van der Waals surface area (Å²) in [5.74, 6) is 34.9. The van der Waals surface area contributed by atoms with E-state index >= 15 is 0 Å². The number of benzene rings is 10. The highest BCUT2D eigenvalue weighted by Gasteiger charge is 2.25. The highest BCUT2D eigenvalue weighted by atomic mass is 16.5. The van der Waals surface area contributed by atoms with Crippen LogP contribution in [0.4, 0.5) is 0 Å². The summed E-state index contributed by atoms with van der Waals surface area (Å²) >= 11 is 0. The number of fused-ring (bicyclic) bond motifs is 9. The van der Waals surface area contributed by atoms with Crippen molar-refractivity contribution in [3.05, 3.63) is 377 Å². The number of rotatable bonds is 2. The molecule has 1 aliphatic carbocycles. The summed E-state index contributed by atoms with van der Waals surface area (Å²) in [6.45, 7) is 19.8. The maximum absolute atomic E-state index is 12.7. The molecule has 19 nitrogen and oxygen atoms in total. The molecule has 0 radical (unpaired) electrons. The van der Waals surface area contributed by atoms with Crippen molar-refractivity contribution in [1.82, 2.24) is 47.8 Å². The van der Waals surface area contributed by atoms with Crippen molar-refractivity contribution in [2.24, 2.45) is 5.92 Å². The molecule has 0 N–H and O–H groups in total. The first-order chi connectivity index (χ1) is 59.3. The average molecular weight is 1620 g/mol. The molecule has 9 heterocycles. The van der Waals surface area contributed by atoms with Crippen LogP contribution < -0.4 is 27.8 Å². The first-order valence-corrected chi connectivity index (χ1v) is 40.8. The third kappa shape index (κ3) is 20.5. The number of hydrogen-bond donors (Lipinski definition) is 0. The Hall–Kier alpha value is -14.5. The topological polar surface area (TPSA) is 211 Å². The minimum Gasteiger partial charge on any atom is -0.372 e. The molecule has 20 rings (SSSR count). The van der Waals surface area contributed by atoms with E-state index in [2.05, 4.69) is 117 Å². The lowest BCUT2D eigenvalue weighted by Gasteiger charge is -2.23. The summed E-state index contributed by atoms with van der Waals surface area (Å²) in [7, 11) is 0. The third-order valence-electron chi connectivity index (χ3n) is 21.3. The van der Waals surface area contributed by atoms with E-state index in [0.29, 0.717) is 150 Å². The predicted octanol–water partition coefficient (Wildman–Crippen LogP) is 15.5. The van der Waals surface area contributed by atoms with E-state index in [1.54, 1.807) is 29.2 Å². The zero-order chi connectivity index (χ0) is 84.3. The van der Waals surface area contributed by atoms with E-state index in [0.717, 1.165) is 62.2 Å². The summed E-state index contributed by atoms with van der Waals surface area (Å²) in [6, 6.07) is 68.3. The smallest absolute Gasteiger partial charge is 0.261 e. The van der Waals surface area contributed by atoms with Gasteiger partial charge in [0, 0.05) is 62.2 Å². The Balaban J connectivity index is 0.000000119. The summed E-state index contributed by atoms with van der Waals surface area (Å²) < 4.78 is 30.6. The molecule has 4 aliphatic heterocycles. The highest BCUT2D eigenvalue weighted by Crippen LogP contribution is 2.30. The average Bonchev–Trinajstić information content (AvgIpc) is 1.16. The van der Waals surface area contributed by atoms with Crippen LogP contribution in [0.3, 0.4) is 0 Å². The zero-order valence-corrected chi connectivity index (χ0v) is 68.9. The van der Waals surface area contributed by atoms with Crippen LogP contribution in [0.25, 0.3) is 54.5 Å². The SMILES string of the molecule is C.Cc1ccc(C#Cc2ccc3c(=O)n4c(nc3c2)COC(C)C4)cc1.Cc1ccc(C#Cc2ccc3c(=O)n4c(nc3c2)COCC4)cc1.Cc1cccc(C#Cc2ccc3c(=O)n(CC4CC4)cnc3c2)c1.Cc1cccc(C#Cc2ccc3c(=O)n4c(nc3c2)COC(C)C4)c1.Cc1cccc(C#Cc2ccc3c(=O)n4c(nc3c2)COCC4)c1. The van der Waals surface area contributed by atoms with Crippen molar-refractivity contribution in [3.63, 3.8) is 0 Å². The number of aryl methyl sites for hydroxylation is 5. The molecule has 1 fully saturated rings. The van der Waals surface area contributed by atoms with Gasteiger partial charge in [-0.05, 0) is 236 Å². The molecule has 19 heteroatoms. The fraction of sp³-hybridized carbons (Fsp3) is 0.231. The van der Waals surface area contributed by atoms with Gasteiger partial charge in [0.15, 0.2) is 0 Å². The molecule has 610 valence electrons. The molecule has 5 aromatic heterocycles. The van der Waals surface area contributed by atoms with Gasteiger partial charge in [-0.3, -0.25) is 46.8 Å². The number of hydrogen-bond acceptors (Lipinski definition) is 14. The Labute approximate surface area is 712 Å². The van der Waals surface area contributed by atoms with Gasteiger partial charge in [0.2, 0.25) is 0 Å². The maximum atomic E-state index is 12.7. The van der Waals surface area contributed by atoms with E-state index in [-0.39, 0.29) is 47.4 Å². The van der Waals surface area contributed by atoms with Crippen molar-refractivity contribution < 1.29 is 18.9 Å². The first-order valence-electron chi connectivity index (χ1n) is 40.8. The normalized spacial score (nSPS) is 14.4. The predicted molar refractivity (Wildman–Crippen MR) is 483 cm³/mol. The Morgan fingerprint density at radius 3 is 0.951 bits per heavy atom. The number of ether oxygens (including phenoxy) is 4. The Morgan fingerprint density at radius 1 is 0.325 bits per heavy atom. The molecule has 123 heavy (non-hydrogen) atoms. The molecule has 10 aromatic carbocycles. The van der Waals surface area contributed by atoms with Gasteiger partial charge >= 0.3 is 0 Å². The lowest BCUT2D eigenvalue weighted by molar-refractivity contribution is 0.0116. The van der Waals surface area contributed by atoms with E-state index in [1.165, 1.54) is 40.7 Å². The molecule has 2 atom stereocenters. The maximum Gasteiger partial charge on any atom is 0.261 e. The van der Waals surface area contributed by atoms with Crippen LogP contribution in [0.15, 0.2) is 243 Å². The molecule has 0 bridgehead atoms. The first kappa shape index (κ1) is 83.6. The van der Waals surface area contributed by atoms with Gasteiger partial charge in [-0.2, -0.15) is 0 Å². The van der Waals surface area contributed by atoms with Crippen molar-refractivity contribution >= 4 is 54.5 Å². The van der Waals surface area contributed by atoms with E-state index < -0.39 is 0 Å². The second kappa shape index (κ2) is 37.9. The standard InChI is InChI=1S/2C21H18N2O2.C21H18N2O.2C20H16N2O2.CH4/c1-14-3-5-16(6-4-14)7-8-17-9-10-18-19(11-17)22-20-13-25-15(2)12-23(20)21(18)24;1-14-4-3-5-16(10-14)6-7-17-8-9-18-19(11-17)22-20-13-25-15(2)12-23(20)21(18)24;1-15-3-2-4-16(11-15)5-6-17-9-10-19-20(12-17)22-14-23(21(19)24)13-18-7-8-18;1-14-2-4-15(5-3-14)6-7-16-8-9-17-18(12-16)21-19-13-24-11-10-22(19)20(17)23;1-14-3-2-4-15(11-14)5-6-16-7-8-17-18(12-16)21-19-13-24-10-9-22(19)20(17)23;/h3-6,9-11,15H,12-13H2,1-2H3;3-5,8-11,15H,12-13H2,1-2H3;2-4,9-12,14,18H,7-8,13H2,1H3;2-5,8-9,12H,10-11,13H2,1H3;2-4,7-8,11-12H,9-10,13H2,1H3;1H4. The van der Waals surface area contributed by atoms with Crippen molar-refractivity contribution in [1.29, 1.82) is 0 Å². The lowest BCUT2D eigenvalue weighted by Crippen LogP contribution is -2.35. The van der Waals surface area contributed by atoms with Gasteiger partial charge in [-0.15, -0.1) is 0 Å². The minimum absolute atomic E-state index is 0. The molecular formula is C104H90N10O9. The van der Waals surface area contributed by atoms with Crippen LogP contribution in [0.2, 0.25) is 0 Å². The molecular weight excluding hydrogens is 1530 g/mol. The van der Waals surface area contributed by atoms with Crippen molar-refractivity contribution in [3.8, 4) is 59.2 Å². The third-order valence-corrected chi connectivity index (χ3v) is 21.3. The van der Waals surface area contributed by atoms with Crippen LogP contribution >= 0.6 is 0 Å². The van der Waals surface area contributed by atoms with Gasteiger partial charge in [0.05, 0.1) is 112 Å². The fourth-order valence-electron chi connectivity index (χ4n) is 14.5. The Kier molecular flexibility index (Phi) is 25.7. The Morgan fingerprint density at radius 2 is 0.618 bits per heavy atom. The van der Waals surface area contributed by atoms with E-state index in [4.69, 9.17) is 18.9 Å². The number of aromatic nitrogens is 10. The molecule has 2 unspecified atom stereocenters. The zero-order valence-electron chi connectivity index (χ0n) is 68.9. The fourth-order valence-corrected chi connectivity index (χ4v) is 14.5. The second-order valence-electron chi connectivity index (χ2n) is 31.1. The molecule has 0 saturated heterocycles. The molecule has 0 amide bonds. The van der Waals surface area contributed by atoms with Gasteiger partial charge in [0.25, 0.3) is 27.8 Å². The van der Waals surface area contributed by atoms with Crippen LogP contribution in [0.1, 0.15) is 141 Å². The van der Waals surface area contributed by atoms with Gasteiger partial charge in [-0.1, -0.05) is 138 Å². The van der Waals surface area contributed by atoms with Gasteiger partial charge in [0.1, 0.15) is 49.7 Å². The van der Waals surface area contributed by atoms with Crippen molar-refractivity contribution in [2.75, 3.05) is 13.2 Å². The van der Waals surface area contributed by atoms with E-state index in [9.17, 15) is 24.0 Å². The summed E-state index contributed by atoms with van der Waals surface area (Å²) in [5, 5.41) is 3.17. The quantitative estimate of drug-likeness (QED) is 0.147. The monoisotopic (exact) mass is 1620 g/mol. The van der Waals surface area contributed by atoms with Crippen LogP contribution in [0, 0.1) is 99.7 Å².